The second-order valence-corrected chi connectivity index (χ2v) is 6.65. The second kappa shape index (κ2) is 7.68. The molecule has 1 aromatic carbocycles. The van der Waals surface area contributed by atoms with Crippen LogP contribution in [0.5, 0.6) is 5.75 Å². The molecule has 2 aromatic rings. The van der Waals surface area contributed by atoms with Gasteiger partial charge in [-0.05, 0) is 37.8 Å². The average molecular weight is 346 g/mol. The first kappa shape index (κ1) is 17.5. The summed E-state index contributed by atoms with van der Waals surface area (Å²) in [6, 6.07) is 6.04. The van der Waals surface area contributed by atoms with Crippen LogP contribution in [-0.2, 0) is 6.61 Å². The number of carbonyl (C=O) groups is 1. The van der Waals surface area contributed by atoms with Crippen LogP contribution in [0.25, 0.3) is 0 Å². The molecule has 1 saturated carbocycles. The monoisotopic (exact) mass is 346 g/mol. The van der Waals surface area contributed by atoms with E-state index < -0.39 is 0 Å². The number of hydrogen-bond donors (Lipinski definition) is 1. The Kier molecular flexibility index (Phi) is 5.36. The molecule has 1 N–H and O–H groups in total. The maximum atomic E-state index is 13.2. The zero-order chi connectivity index (χ0) is 17.8. The Morgan fingerprint density at radius 2 is 2.20 bits per heavy atom. The molecule has 1 aliphatic carbocycles. The molecule has 3 rings (SSSR count). The maximum absolute atomic E-state index is 13.2. The number of halogens is 1. The number of benzene rings is 1. The van der Waals surface area contributed by atoms with Gasteiger partial charge in [-0.15, -0.1) is 0 Å². The number of rotatable bonds is 5. The van der Waals surface area contributed by atoms with Gasteiger partial charge in [-0.25, -0.2) is 4.39 Å². The van der Waals surface area contributed by atoms with E-state index in [0.29, 0.717) is 23.0 Å². The van der Waals surface area contributed by atoms with Gasteiger partial charge < -0.3 is 14.6 Å². The molecule has 1 heterocycles. The molecular formula is C19H23FN2O3. The Bertz CT molecular complexity index is 744. The summed E-state index contributed by atoms with van der Waals surface area (Å²) in [6.07, 6.45) is 4.45. The van der Waals surface area contributed by atoms with Gasteiger partial charge in [0.1, 0.15) is 23.9 Å². The fourth-order valence-electron chi connectivity index (χ4n) is 3.22. The van der Waals surface area contributed by atoms with Gasteiger partial charge in [-0.3, -0.25) is 4.79 Å². The summed E-state index contributed by atoms with van der Waals surface area (Å²) in [5.74, 6) is 0.765. The Morgan fingerprint density at radius 3 is 2.96 bits per heavy atom. The van der Waals surface area contributed by atoms with Gasteiger partial charge in [0.2, 0.25) is 0 Å². The van der Waals surface area contributed by atoms with Gasteiger partial charge in [0, 0.05) is 12.1 Å². The standard InChI is InChI=1S/C19H23FN2O3/c1-12-6-3-4-9-17(12)21-19(23)18-16(13(2)25-22-18)11-24-15-8-5-7-14(20)10-15/h5,7-8,10,12,17H,3-4,6,9,11H2,1-2H3,(H,21,23). The third-order valence-electron chi connectivity index (χ3n) is 4.81. The van der Waals surface area contributed by atoms with Crippen LogP contribution in [0.2, 0.25) is 0 Å². The fraction of sp³-hybridized carbons (Fsp3) is 0.474. The van der Waals surface area contributed by atoms with E-state index in [1.807, 2.05) is 0 Å². The van der Waals surface area contributed by atoms with Crippen molar-refractivity contribution in [3.8, 4) is 5.75 Å². The van der Waals surface area contributed by atoms with Crippen molar-refractivity contribution in [2.24, 2.45) is 5.92 Å². The highest BCUT2D eigenvalue weighted by Crippen LogP contribution is 2.25. The molecule has 1 amide bonds. The molecule has 1 fully saturated rings. The molecule has 0 bridgehead atoms. The lowest BCUT2D eigenvalue weighted by atomic mass is 9.86. The van der Waals surface area contributed by atoms with Crippen LogP contribution in [0.15, 0.2) is 28.8 Å². The lowest BCUT2D eigenvalue weighted by molar-refractivity contribution is 0.0899. The van der Waals surface area contributed by atoms with Crippen LogP contribution < -0.4 is 10.1 Å². The van der Waals surface area contributed by atoms with Crippen molar-refractivity contribution in [1.82, 2.24) is 10.5 Å². The number of nitrogens with one attached hydrogen (secondary N) is 1. The van der Waals surface area contributed by atoms with Crippen LogP contribution in [0.1, 0.15) is 54.4 Å². The summed E-state index contributed by atoms with van der Waals surface area (Å²) in [7, 11) is 0. The first-order chi connectivity index (χ1) is 12.0. The van der Waals surface area contributed by atoms with Crippen molar-refractivity contribution < 1.29 is 18.4 Å². The van der Waals surface area contributed by atoms with Crippen LogP contribution >= 0.6 is 0 Å². The van der Waals surface area contributed by atoms with Gasteiger partial charge >= 0.3 is 0 Å². The average Bonchev–Trinajstić information content (AvgIpc) is 2.96. The van der Waals surface area contributed by atoms with Crippen molar-refractivity contribution in [2.75, 3.05) is 0 Å². The lowest BCUT2D eigenvalue weighted by Gasteiger charge is -2.29. The van der Waals surface area contributed by atoms with Gasteiger partial charge in [0.05, 0.1) is 5.56 Å². The van der Waals surface area contributed by atoms with Crippen molar-refractivity contribution in [2.45, 2.75) is 52.2 Å². The number of ether oxygens (including phenoxy) is 1. The minimum absolute atomic E-state index is 0.0990. The Labute approximate surface area is 146 Å². The molecule has 6 heteroatoms. The molecule has 1 aromatic heterocycles. The summed E-state index contributed by atoms with van der Waals surface area (Å²) < 4.78 is 24.0. The fourth-order valence-corrected chi connectivity index (χ4v) is 3.22. The smallest absolute Gasteiger partial charge is 0.274 e. The summed E-state index contributed by atoms with van der Waals surface area (Å²) >= 11 is 0. The molecule has 1 aliphatic rings. The molecule has 25 heavy (non-hydrogen) atoms. The second-order valence-electron chi connectivity index (χ2n) is 6.65. The van der Waals surface area contributed by atoms with E-state index in [-0.39, 0.29) is 30.1 Å². The van der Waals surface area contributed by atoms with E-state index >= 15 is 0 Å². The largest absolute Gasteiger partial charge is 0.489 e. The first-order valence-corrected chi connectivity index (χ1v) is 8.69. The summed E-state index contributed by atoms with van der Waals surface area (Å²) in [4.78, 5) is 12.6. The highest BCUT2D eigenvalue weighted by atomic mass is 19.1. The van der Waals surface area contributed by atoms with Gasteiger partial charge in [-0.1, -0.05) is 31.0 Å². The van der Waals surface area contributed by atoms with E-state index in [9.17, 15) is 9.18 Å². The van der Waals surface area contributed by atoms with Crippen LogP contribution in [0.3, 0.4) is 0 Å². The van der Waals surface area contributed by atoms with Crippen LogP contribution in [0.4, 0.5) is 4.39 Å². The van der Waals surface area contributed by atoms with E-state index in [1.165, 1.54) is 18.6 Å². The summed E-state index contributed by atoms with van der Waals surface area (Å²) in [5.41, 5.74) is 0.830. The predicted molar refractivity (Wildman–Crippen MR) is 90.9 cm³/mol. The zero-order valence-corrected chi connectivity index (χ0v) is 14.5. The van der Waals surface area contributed by atoms with Crippen molar-refractivity contribution in [3.63, 3.8) is 0 Å². The topological polar surface area (TPSA) is 64.4 Å². The van der Waals surface area contributed by atoms with Gasteiger partial charge in [0.15, 0.2) is 5.69 Å². The third kappa shape index (κ3) is 4.18. The molecule has 0 spiro atoms. The predicted octanol–water partition coefficient (Wildman–Crippen LogP) is 4.01. The molecular weight excluding hydrogens is 323 g/mol. The van der Waals surface area contributed by atoms with Gasteiger partial charge in [-0.2, -0.15) is 0 Å². The number of aromatic nitrogens is 1. The Morgan fingerprint density at radius 1 is 1.40 bits per heavy atom. The number of aryl methyl sites for hydroxylation is 1. The lowest BCUT2D eigenvalue weighted by Crippen LogP contribution is -2.41. The van der Waals surface area contributed by atoms with E-state index in [4.69, 9.17) is 9.26 Å². The van der Waals surface area contributed by atoms with Crippen molar-refractivity contribution in [1.29, 1.82) is 0 Å². The van der Waals surface area contributed by atoms with Crippen LogP contribution in [-0.4, -0.2) is 17.1 Å². The molecule has 5 nitrogen and oxygen atoms in total. The maximum Gasteiger partial charge on any atom is 0.274 e. The summed E-state index contributed by atoms with van der Waals surface area (Å²) in [5, 5.41) is 6.96. The zero-order valence-electron chi connectivity index (χ0n) is 14.5. The normalized spacial score (nSPS) is 20.3. The third-order valence-corrected chi connectivity index (χ3v) is 4.81. The highest BCUT2D eigenvalue weighted by Gasteiger charge is 2.27. The highest BCUT2D eigenvalue weighted by molar-refractivity contribution is 5.94. The Hall–Kier alpha value is -2.37. The van der Waals surface area contributed by atoms with Crippen molar-refractivity contribution in [3.05, 3.63) is 47.1 Å². The molecule has 0 aliphatic heterocycles. The minimum Gasteiger partial charge on any atom is -0.489 e. The number of amides is 1. The SMILES string of the molecule is Cc1onc(C(=O)NC2CCCCC2C)c1COc1cccc(F)c1. The molecule has 134 valence electrons. The number of nitrogens with zero attached hydrogens (tertiary/aromatic N) is 1. The number of carbonyl (C=O) groups excluding carboxylic acids is 1. The molecule has 2 atom stereocenters. The van der Waals surface area contributed by atoms with Gasteiger partial charge in [0.25, 0.3) is 5.91 Å². The van der Waals surface area contributed by atoms with E-state index in [0.717, 1.165) is 19.3 Å². The van der Waals surface area contributed by atoms with Crippen LogP contribution in [0, 0.1) is 18.7 Å². The van der Waals surface area contributed by atoms with Crippen molar-refractivity contribution >= 4 is 5.91 Å². The van der Waals surface area contributed by atoms with E-state index in [1.54, 1.807) is 19.1 Å². The molecule has 2 unspecified atom stereocenters. The quantitative estimate of drug-likeness (QED) is 0.888. The Balaban J connectivity index is 1.69. The first-order valence-electron chi connectivity index (χ1n) is 8.69. The molecule has 0 saturated heterocycles. The summed E-state index contributed by atoms with van der Waals surface area (Å²) in [6.45, 7) is 3.99. The van der Waals surface area contributed by atoms with E-state index in [2.05, 4.69) is 17.4 Å². The minimum atomic E-state index is -0.371. The molecule has 0 radical (unpaired) electrons. The number of hydrogen-bond acceptors (Lipinski definition) is 4.